The molecule has 2 aromatic carbocycles. The highest BCUT2D eigenvalue weighted by atomic mass is 127. The molecule has 0 atom stereocenters. The van der Waals surface area contributed by atoms with Crippen LogP contribution in [0.5, 0.6) is 0 Å². The first-order valence-corrected chi connectivity index (χ1v) is 7.03. The van der Waals surface area contributed by atoms with Gasteiger partial charge in [0, 0.05) is 20.7 Å². The van der Waals surface area contributed by atoms with Crippen LogP contribution in [0.2, 0.25) is 0 Å². The van der Waals surface area contributed by atoms with Crippen LogP contribution < -0.4 is 5.32 Å². The number of anilines is 1. The number of rotatable bonds is 3. The molecule has 0 heterocycles. The summed E-state index contributed by atoms with van der Waals surface area (Å²) in [6.07, 6.45) is 0. The molecular formula is C14H11ClINO. The lowest BCUT2D eigenvalue weighted by molar-refractivity contribution is 0.102. The average Bonchev–Trinajstić information content (AvgIpc) is 2.39. The van der Waals surface area contributed by atoms with E-state index in [4.69, 9.17) is 11.6 Å². The van der Waals surface area contributed by atoms with Gasteiger partial charge in [0.05, 0.1) is 0 Å². The van der Waals surface area contributed by atoms with Crippen LogP contribution >= 0.6 is 34.2 Å². The minimum Gasteiger partial charge on any atom is -0.322 e. The Morgan fingerprint density at radius 1 is 1.17 bits per heavy atom. The molecule has 2 aromatic rings. The predicted octanol–water partition coefficient (Wildman–Crippen LogP) is 4.28. The third kappa shape index (κ3) is 3.23. The van der Waals surface area contributed by atoms with Crippen LogP contribution in [0.1, 0.15) is 15.9 Å². The Hall–Kier alpha value is -1.07. The van der Waals surface area contributed by atoms with Crippen LogP contribution in [0.15, 0.2) is 48.5 Å². The van der Waals surface area contributed by atoms with Gasteiger partial charge in [0.2, 0.25) is 0 Å². The molecule has 0 aliphatic rings. The number of nitrogens with one attached hydrogen (secondary N) is 1. The van der Waals surface area contributed by atoms with Gasteiger partial charge < -0.3 is 5.32 Å². The lowest BCUT2D eigenvalue weighted by atomic mass is 10.1. The second kappa shape index (κ2) is 6.20. The van der Waals surface area contributed by atoms with Crippen molar-refractivity contribution in [3.05, 3.63) is 63.2 Å². The Kier molecular flexibility index (Phi) is 4.60. The Labute approximate surface area is 124 Å². The minimum absolute atomic E-state index is 0.119. The maximum atomic E-state index is 12.1. The molecule has 4 heteroatoms. The normalized spacial score (nSPS) is 10.1. The zero-order valence-corrected chi connectivity index (χ0v) is 12.4. The lowest BCUT2D eigenvalue weighted by Gasteiger charge is -2.09. The third-order valence-electron chi connectivity index (χ3n) is 2.50. The molecule has 0 aliphatic carbocycles. The second-order valence-corrected chi connectivity index (χ2v) is 5.27. The zero-order chi connectivity index (χ0) is 13.0. The molecular weight excluding hydrogens is 361 g/mol. The Morgan fingerprint density at radius 3 is 2.67 bits per heavy atom. The van der Waals surface area contributed by atoms with Crippen LogP contribution in [0, 0.1) is 3.57 Å². The van der Waals surface area contributed by atoms with E-state index in [0.717, 1.165) is 14.8 Å². The molecule has 0 unspecified atom stereocenters. The number of halogens is 2. The summed E-state index contributed by atoms with van der Waals surface area (Å²) in [5, 5.41) is 2.88. The molecule has 0 saturated carbocycles. The monoisotopic (exact) mass is 371 g/mol. The van der Waals surface area contributed by atoms with E-state index in [1.165, 1.54) is 0 Å². The van der Waals surface area contributed by atoms with Crippen LogP contribution in [0.4, 0.5) is 5.69 Å². The largest absolute Gasteiger partial charge is 0.322 e. The maximum Gasteiger partial charge on any atom is 0.255 e. The number of para-hydroxylation sites is 1. The third-order valence-corrected chi connectivity index (χ3v) is 3.46. The van der Waals surface area contributed by atoms with E-state index >= 15 is 0 Å². The van der Waals surface area contributed by atoms with Gasteiger partial charge in [0.15, 0.2) is 0 Å². The van der Waals surface area contributed by atoms with Crippen molar-refractivity contribution in [2.24, 2.45) is 0 Å². The summed E-state index contributed by atoms with van der Waals surface area (Å²) in [6, 6.07) is 15.0. The first kappa shape index (κ1) is 13.4. The summed E-state index contributed by atoms with van der Waals surface area (Å²) in [4.78, 5) is 12.1. The highest BCUT2D eigenvalue weighted by Crippen LogP contribution is 2.18. The van der Waals surface area contributed by atoms with Crippen LogP contribution in [-0.4, -0.2) is 5.91 Å². The van der Waals surface area contributed by atoms with E-state index < -0.39 is 0 Å². The van der Waals surface area contributed by atoms with E-state index in [1.54, 1.807) is 6.07 Å². The SMILES string of the molecule is O=C(Nc1ccccc1CCl)c1cccc(I)c1. The molecule has 2 rings (SSSR count). The topological polar surface area (TPSA) is 29.1 Å². The van der Waals surface area contributed by atoms with Gasteiger partial charge in [-0.15, -0.1) is 11.6 Å². The van der Waals surface area contributed by atoms with Gasteiger partial charge in [0.1, 0.15) is 0 Å². The van der Waals surface area contributed by atoms with Crippen molar-refractivity contribution in [3.63, 3.8) is 0 Å². The van der Waals surface area contributed by atoms with Gasteiger partial charge in [-0.1, -0.05) is 24.3 Å². The molecule has 0 bridgehead atoms. The molecule has 0 radical (unpaired) electrons. The fourth-order valence-corrected chi connectivity index (χ4v) is 2.36. The van der Waals surface area contributed by atoms with Gasteiger partial charge in [-0.05, 0) is 52.4 Å². The van der Waals surface area contributed by atoms with Crippen molar-refractivity contribution in [3.8, 4) is 0 Å². The quantitative estimate of drug-likeness (QED) is 0.633. The summed E-state index contributed by atoms with van der Waals surface area (Å²) in [6.45, 7) is 0. The predicted molar refractivity (Wildman–Crippen MR) is 83.1 cm³/mol. The van der Waals surface area contributed by atoms with E-state index in [2.05, 4.69) is 27.9 Å². The number of benzene rings is 2. The smallest absolute Gasteiger partial charge is 0.255 e. The number of carbonyl (C=O) groups excluding carboxylic acids is 1. The molecule has 92 valence electrons. The first-order valence-electron chi connectivity index (χ1n) is 5.41. The van der Waals surface area contributed by atoms with Gasteiger partial charge in [-0.3, -0.25) is 4.79 Å². The van der Waals surface area contributed by atoms with Gasteiger partial charge in [-0.25, -0.2) is 0 Å². The molecule has 18 heavy (non-hydrogen) atoms. The second-order valence-electron chi connectivity index (χ2n) is 3.76. The van der Waals surface area contributed by atoms with Crippen LogP contribution in [-0.2, 0) is 5.88 Å². The van der Waals surface area contributed by atoms with Crippen LogP contribution in [0.25, 0.3) is 0 Å². The number of hydrogen-bond acceptors (Lipinski definition) is 1. The standard InChI is InChI=1S/C14H11ClINO/c15-9-11-4-1-2-7-13(11)17-14(18)10-5-3-6-12(16)8-10/h1-8H,9H2,(H,17,18). The van der Waals surface area contributed by atoms with E-state index in [9.17, 15) is 4.79 Å². The molecule has 0 saturated heterocycles. The van der Waals surface area contributed by atoms with Crippen molar-refractivity contribution in [2.45, 2.75) is 5.88 Å². The van der Waals surface area contributed by atoms with Crippen molar-refractivity contribution in [2.75, 3.05) is 5.32 Å². The molecule has 1 N–H and O–H groups in total. The Balaban J connectivity index is 2.21. The van der Waals surface area contributed by atoms with Crippen molar-refractivity contribution >= 4 is 45.8 Å². The molecule has 2 nitrogen and oxygen atoms in total. The van der Waals surface area contributed by atoms with Gasteiger partial charge in [0.25, 0.3) is 5.91 Å². The summed E-state index contributed by atoms with van der Waals surface area (Å²) < 4.78 is 1.03. The average molecular weight is 372 g/mol. The summed E-state index contributed by atoms with van der Waals surface area (Å²) in [5.41, 5.74) is 2.32. The van der Waals surface area contributed by atoms with Gasteiger partial charge in [-0.2, -0.15) is 0 Å². The highest BCUT2D eigenvalue weighted by Gasteiger charge is 2.08. The number of hydrogen-bond donors (Lipinski definition) is 1. The lowest BCUT2D eigenvalue weighted by Crippen LogP contribution is -2.13. The molecule has 0 spiro atoms. The minimum atomic E-state index is -0.119. The summed E-state index contributed by atoms with van der Waals surface area (Å²) in [5.74, 6) is 0.258. The molecule has 0 aliphatic heterocycles. The van der Waals surface area contributed by atoms with Crippen molar-refractivity contribution < 1.29 is 4.79 Å². The molecule has 0 fully saturated rings. The van der Waals surface area contributed by atoms with E-state index in [1.807, 2.05) is 42.5 Å². The number of amides is 1. The molecule has 0 aromatic heterocycles. The van der Waals surface area contributed by atoms with Gasteiger partial charge >= 0.3 is 0 Å². The van der Waals surface area contributed by atoms with Crippen LogP contribution in [0.3, 0.4) is 0 Å². The fourth-order valence-electron chi connectivity index (χ4n) is 1.58. The maximum absolute atomic E-state index is 12.1. The van der Waals surface area contributed by atoms with E-state index in [0.29, 0.717) is 11.4 Å². The fraction of sp³-hybridized carbons (Fsp3) is 0.0714. The molecule has 1 amide bonds. The highest BCUT2D eigenvalue weighted by molar-refractivity contribution is 14.1. The Morgan fingerprint density at radius 2 is 1.94 bits per heavy atom. The van der Waals surface area contributed by atoms with E-state index in [-0.39, 0.29) is 5.91 Å². The first-order chi connectivity index (χ1) is 8.70. The zero-order valence-electron chi connectivity index (χ0n) is 9.49. The number of carbonyl (C=O) groups is 1. The Bertz CT molecular complexity index is 571. The van der Waals surface area contributed by atoms with Crippen molar-refractivity contribution in [1.82, 2.24) is 0 Å². The number of alkyl halides is 1. The summed E-state index contributed by atoms with van der Waals surface area (Å²) >= 11 is 8.02. The summed E-state index contributed by atoms with van der Waals surface area (Å²) in [7, 11) is 0. The van der Waals surface area contributed by atoms with Crippen molar-refractivity contribution in [1.29, 1.82) is 0 Å².